The van der Waals surface area contributed by atoms with E-state index in [1.165, 1.54) is 0 Å². The number of methoxy groups -OCH3 is 1. The molecule has 1 amide bonds. The molecule has 0 radical (unpaired) electrons. The van der Waals surface area contributed by atoms with E-state index in [-0.39, 0.29) is 5.91 Å². The fourth-order valence-corrected chi connectivity index (χ4v) is 1.44. The number of aliphatic hydroxyl groups is 1. The summed E-state index contributed by atoms with van der Waals surface area (Å²) in [5, 5.41) is 15.2. The second kappa shape index (κ2) is 6.62. The molecule has 16 heavy (non-hydrogen) atoms. The summed E-state index contributed by atoms with van der Waals surface area (Å²) in [5.74, 6) is -0.0406. The third-order valence-electron chi connectivity index (χ3n) is 2.67. The summed E-state index contributed by atoms with van der Waals surface area (Å²) >= 11 is 0. The van der Waals surface area contributed by atoms with Gasteiger partial charge in [0.15, 0.2) is 0 Å². The third kappa shape index (κ3) is 3.92. The summed E-state index contributed by atoms with van der Waals surface area (Å²) in [6, 6.07) is 0. The van der Waals surface area contributed by atoms with Gasteiger partial charge in [0.05, 0.1) is 12.7 Å². The van der Waals surface area contributed by atoms with Gasteiger partial charge in [-0.2, -0.15) is 0 Å². The highest BCUT2D eigenvalue weighted by atomic mass is 16.5. The Hall–Kier alpha value is -0.910. The van der Waals surface area contributed by atoms with Crippen LogP contribution < -0.4 is 10.6 Å². The minimum absolute atomic E-state index is 0.0406. The Morgan fingerprint density at radius 2 is 2.31 bits per heavy atom. The first-order chi connectivity index (χ1) is 7.65. The molecule has 1 heterocycles. The molecule has 5 heteroatoms. The molecule has 0 bridgehead atoms. The van der Waals surface area contributed by atoms with E-state index < -0.39 is 6.10 Å². The summed E-state index contributed by atoms with van der Waals surface area (Å²) in [7, 11) is 1.54. The number of aliphatic hydroxyl groups excluding tert-OH is 1. The Labute approximate surface area is 95.9 Å². The zero-order valence-corrected chi connectivity index (χ0v) is 9.88. The minimum atomic E-state index is -0.511. The van der Waals surface area contributed by atoms with Crippen LogP contribution in [0.4, 0.5) is 0 Å². The smallest absolute Gasteiger partial charge is 0.246 e. The van der Waals surface area contributed by atoms with Gasteiger partial charge in [0, 0.05) is 32.3 Å². The first-order valence-electron chi connectivity index (χ1n) is 5.49. The number of nitrogens with one attached hydrogen (secondary N) is 2. The van der Waals surface area contributed by atoms with E-state index in [9.17, 15) is 9.90 Å². The van der Waals surface area contributed by atoms with Crippen LogP contribution in [-0.2, 0) is 9.53 Å². The maximum Gasteiger partial charge on any atom is 0.246 e. The summed E-state index contributed by atoms with van der Waals surface area (Å²) in [6.07, 6.45) is 0.00380. The van der Waals surface area contributed by atoms with E-state index in [0.717, 1.165) is 24.2 Å². The van der Waals surface area contributed by atoms with Crippen molar-refractivity contribution < 1.29 is 14.6 Å². The zero-order valence-electron chi connectivity index (χ0n) is 9.88. The van der Waals surface area contributed by atoms with Gasteiger partial charge < -0.3 is 20.5 Å². The van der Waals surface area contributed by atoms with Crippen molar-refractivity contribution in [2.75, 3.05) is 33.4 Å². The lowest BCUT2D eigenvalue weighted by Gasteiger charge is -2.21. The highest BCUT2D eigenvalue weighted by Gasteiger charge is 2.15. The summed E-state index contributed by atoms with van der Waals surface area (Å²) in [4.78, 5) is 11.6. The van der Waals surface area contributed by atoms with Gasteiger partial charge in [0.25, 0.3) is 0 Å². The van der Waals surface area contributed by atoms with Gasteiger partial charge in [0.2, 0.25) is 5.91 Å². The highest BCUT2D eigenvalue weighted by molar-refractivity contribution is 5.93. The molecule has 1 fully saturated rings. The number of ether oxygens (including phenoxy) is 1. The Morgan fingerprint density at radius 3 is 2.81 bits per heavy atom. The van der Waals surface area contributed by atoms with Crippen molar-refractivity contribution in [2.45, 2.75) is 19.4 Å². The molecule has 0 aromatic rings. The number of hydrogen-bond donors (Lipinski definition) is 3. The molecule has 1 rings (SSSR count). The molecule has 0 aromatic carbocycles. The topological polar surface area (TPSA) is 70.6 Å². The maximum absolute atomic E-state index is 11.6. The number of amides is 1. The van der Waals surface area contributed by atoms with Gasteiger partial charge >= 0.3 is 0 Å². The first kappa shape index (κ1) is 13.2. The Bertz CT molecular complexity index is 270. The monoisotopic (exact) mass is 228 g/mol. The van der Waals surface area contributed by atoms with Gasteiger partial charge in [0.1, 0.15) is 0 Å². The van der Waals surface area contributed by atoms with Crippen molar-refractivity contribution in [3.8, 4) is 0 Å². The summed E-state index contributed by atoms with van der Waals surface area (Å²) in [5.41, 5.74) is 1.95. The molecular weight excluding hydrogens is 208 g/mol. The van der Waals surface area contributed by atoms with E-state index in [2.05, 4.69) is 10.6 Å². The molecule has 0 aliphatic carbocycles. The van der Waals surface area contributed by atoms with Crippen molar-refractivity contribution in [3.05, 3.63) is 11.1 Å². The van der Waals surface area contributed by atoms with E-state index in [1.807, 2.05) is 6.92 Å². The van der Waals surface area contributed by atoms with E-state index in [4.69, 9.17) is 4.74 Å². The average Bonchev–Trinajstić information content (AvgIpc) is 2.15. The van der Waals surface area contributed by atoms with Crippen LogP contribution in [0.1, 0.15) is 13.3 Å². The number of carbonyl (C=O) groups is 1. The quantitative estimate of drug-likeness (QED) is 0.532. The molecular formula is C11H20N2O3. The van der Waals surface area contributed by atoms with E-state index in [1.54, 1.807) is 7.11 Å². The average molecular weight is 228 g/mol. The molecule has 0 aromatic heterocycles. The van der Waals surface area contributed by atoms with Gasteiger partial charge in [-0.15, -0.1) is 0 Å². The molecule has 1 saturated heterocycles. The predicted octanol–water partition coefficient (Wildman–Crippen LogP) is -0.580. The highest BCUT2D eigenvalue weighted by Crippen LogP contribution is 2.08. The van der Waals surface area contributed by atoms with Crippen LogP contribution in [-0.4, -0.2) is 50.5 Å². The Kier molecular flexibility index (Phi) is 5.45. The molecule has 1 aliphatic rings. The van der Waals surface area contributed by atoms with Crippen LogP contribution in [0.25, 0.3) is 0 Å². The van der Waals surface area contributed by atoms with Crippen molar-refractivity contribution in [1.29, 1.82) is 0 Å². The fourth-order valence-electron chi connectivity index (χ4n) is 1.44. The van der Waals surface area contributed by atoms with Crippen molar-refractivity contribution in [2.24, 2.45) is 0 Å². The van der Waals surface area contributed by atoms with Gasteiger partial charge in [-0.3, -0.25) is 4.79 Å². The van der Waals surface area contributed by atoms with Crippen molar-refractivity contribution in [3.63, 3.8) is 0 Å². The SMILES string of the molecule is COCC(O)CCNC(=O)C(C)=C1CNC1. The van der Waals surface area contributed by atoms with Crippen LogP contribution in [0.15, 0.2) is 11.1 Å². The van der Waals surface area contributed by atoms with Crippen molar-refractivity contribution in [1.82, 2.24) is 10.6 Å². The van der Waals surface area contributed by atoms with Gasteiger partial charge in [-0.1, -0.05) is 0 Å². The normalized spacial score (nSPS) is 16.6. The third-order valence-corrected chi connectivity index (χ3v) is 2.67. The van der Waals surface area contributed by atoms with Crippen LogP contribution in [0.2, 0.25) is 0 Å². The van der Waals surface area contributed by atoms with E-state index >= 15 is 0 Å². The second-order valence-electron chi connectivity index (χ2n) is 3.99. The first-order valence-corrected chi connectivity index (χ1v) is 5.49. The molecule has 5 nitrogen and oxygen atoms in total. The van der Waals surface area contributed by atoms with Crippen LogP contribution in [0.3, 0.4) is 0 Å². The predicted molar refractivity (Wildman–Crippen MR) is 61.1 cm³/mol. The maximum atomic E-state index is 11.6. The lowest BCUT2D eigenvalue weighted by atomic mass is 10.0. The lowest BCUT2D eigenvalue weighted by Crippen LogP contribution is -2.38. The Morgan fingerprint density at radius 1 is 1.62 bits per heavy atom. The standard InChI is InChI=1S/C11H20N2O3/c1-8(9-5-12-6-9)11(15)13-4-3-10(14)7-16-2/h10,12,14H,3-7H2,1-2H3,(H,13,15). The zero-order chi connectivity index (χ0) is 12.0. The van der Waals surface area contributed by atoms with Gasteiger partial charge in [-0.05, 0) is 18.9 Å². The van der Waals surface area contributed by atoms with Gasteiger partial charge in [-0.25, -0.2) is 0 Å². The number of hydrogen-bond acceptors (Lipinski definition) is 4. The van der Waals surface area contributed by atoms with Crippen LogP contribution in [0, 0.1) is 0 Å². The summed E-state index contributed by atoms with van der Waals surface area (Å²) in [6.45, 7) is 4.23. The molecule has 92 valence electrons. The lowest BCUT2D eigenvalue weighted by molar-refractivity contribution is -0.117. The van der Waals surface area contributed by atoms with Crippen LogP contribution in [0.5, 0.6) is 0 Å². The van der Waals surface area contributed by atoms with Crippen LogP contribution >= 0.6 is 0 Å². The van der Waals surface area contributed by atoms with E-state index in [0.29, 0.717) is 19.6 Å². The largest absolute Gasteiger partial charge is 0.391 e. The molecule has 1 atom stereocenters. The van der Waals surface area contributed by atoms with Crippen molar-refractivity contribution >= 4 is 5.91 Å². The molecule has 0 saturated carbocycles. The number of rotatable bonds is 6. The number of carbonyl (C=O) groups excluding carboxylic acids is 1. The molecule has 1 aliphatic heterocycles. The fraction of sp³-hybridized carbons (Fsp3) is 0.727. The minimum Gasteiger partial charge on any atom is -0.391 e. The summed E-state index contributed by atoms with van der Waals surface area (Å²) < 4.78 is 4.79. The Balaban J connectivity index is 2.20. The molecule has 0 spiro atoms. The molecule has 3 N–H and O–H groups in total. The molecule has 1 unspecified atom stereocenters. The second-order valence-corrected chi connectivity index (χ2v) is 3.99.